The molecule has 1 aliphatic rings. The molecule has 0 spiro atoms. The van der Waals surface area contributed by atoms with Crippen LogP contribution in [0.15, 0.2) is 0 Å². The van der Waals surface area contributed by atoms with Crippen molar-refractivity contribution in [2.45, 2.75) is 52.4 Å². The fourth-order valence-corrected chi connectivity index (χ4v) is 2.04. The molecule has 0 nitrogen and oxygen atoms in total. The molecule has 0 saturated heterocycles. The first-order valence-corrected chi connectivity index (χ1v) is 4.84. The average Bonchev–Trinajstić information content (AvgIpc) is 2.05. The molecule has 0 aromatic carbocycles. The second kappa shape index (κ2) is 4.00. The third-order valence-electron chi connectivity index (χ3n) is 3.10. The smallest absolute Gasteiger partial charge is 0.0389 e. The summed E-state index contributed by atoms with van der Waals surface area (Å²) >= 11 is 0. The minimum Gasteiger partial charge on any atom is -0.0651 e. The first-order valence-electron chi connectivity index (χ1n) is 4.84. The van der Waals surface area contributed by atoms with Crippen molar-refractivity contribution in [3.8, 4) is 0 Å². The van der Waals surface area contributed by atoms with E-state index in [0.717, 1.165) is 11.8 Å². The summed E-state index contributed by atoms with van der Waals surface area (Å²) in [6, 6.07) is 0. The van der Waals surface area contributed by atoms with Gasteiger partial charge in [0.25, 0.3) is 0 Å². The third kappa shape index (κ3) is 2.00. The zero-order valence-electron chi connectivity index (χ0n) is 7.40. The van der Waals surface area contributed by atoms with E-state index in [1.54, 1.807) is 0 Å². The van der Waals surface area contributed by atoms with Crippen LogP contribution in [-0.2, 0) is 0 Å². The molecular weight excluding hydrogens is 120 g/mol. The van der Waals surface area contributed by atoms with Crippen molar-refractivity contribution >= 4 is 0 Å². The zero-order chi connectivity index (χ0) is 7.40. The van der Waals surface area contributed by atoms with Gasteiger partial charge in [-0.2, -0.15) is 0 Å². The first-order chi connectivity index (χ1) is 4.84. The molecule has 0 unspecified atom stereocenters. The normalized spacial score (nSPS) is 24.6. The molecule has 1 fully saturated rings. The van der Waals surface area contributed by atoms with Gasteiger partial charge in [0.05, 0.1) is 0 Å². The van der Waals surface area contributed by atoms with Crippen LogP contribution in [0, 0.1) is 11.8 Å². The summed E-state index contributed by atoms with van der Waals surface area (Å²) in [4.78, 5) is 0. The fourth-order valence-electron chi connectivity index (χ4n) is 2.04. The van der Waals surface area contributed by atoms with E-state index in [0.29, 0.717) is 0 Å². The molecular formula is C10H20. The van der Waals surface area contributed by atoms with E-state index >= 15 is 0 Å². The highest BCUT2D eigenvalue weighted by atomic mass is 14.2. The molecule has 1 atom stereocenters. The summed E-state index contributed by atoms with van der Waals surface area (Å²) in [5.41, 5.74) is 0. The molecule has 1 aliphatic carbocycles. The van der Waals surface area contributed by atoms with E-state index in [9.17, 15) is 0 Å². The standard InChI is InChI=1S/C10H20/c1-3-9(2)10-7-5-4-6-8-10/h9-10H,3-8H2,1-2H3/t9-/m0/s1. The van der Waals surface area contributed by atoms with Crippen LogP contribution in [0.4, 0.5) is 0 Å². The van der Waals surface area contributed by atoms with Crippen LogP contribution in [0.1, 0.15) is 52.4 Å². The van der Waals surface area contributed by atoms with Crippen LogP contribution in [0.3, 0.4) is 0 Å². The Labute approximate surface area is 65.0 Å². The Bertz CT molecular complexity index is 80.0. The molecule has 0 amide bonds. The molecule has 0 heterocycles. The second-order valence-electron chi connectivity index (χ2n) is 3.78. The van der Waals surface area contributed by atoms with Gasteiger partial charge in [0.1, 0.15) is 0 Å². The topological polar surface area (TPSA) is 0 Å². The zero-order valence-corrected chi connectivity index (χ0v) is 7.40. The maximum atomic E-state index is 2.41. The van der Waals surface area contributed by atoms with E-state index in [-0.39, 0.29) is 0 Å². The van der Waals surface area contributed by atoms with E-state index in [4.69, 9.17) is 0 Å². The Morgan fingerprint density at radius 2 is 1.80 bits per heavy atom. The molecule has 1 saturated carbocycles. The van der Waals surface area contributed by atoms with Crippen molar-refractivity contribution in [2.24, 2.45) is 11.8 Å². The molecule has 0 N–H and O–H groups in total. The van der Waals surface area contributed by atoms with Crippen molar-refractivity contribution in [2.75, 3.05) is 0 Å². The molecule has 0 aromatic heterocycles. The molecule has 0 aromatic rings. The van der Waals surface area contributed by atoms with Gasteiger partial charge < -0.3 is 0 Å². The molecule has 0 heteroatoms. The van der Waals surface area contributed by atoms with Crippen LogP contribution in [0.25, 0.3) is 0 Å². The number of hydrogen-bond donors (Lipinski definition) is 0. The van der Waals surface area contributed by atoms with E-state index in [1.165, 1.54) is 38.5 Å². The highest BCUT2D eigenvalue weighted by Gasteiger charge is 2.17. The summed E-state index contributed by atoms with van der Waals surface area (Å²) in [5, 5.41) is 0. The van der Waals surface area contributed by atoms with Gasteiger partial charge in [-0.05, 0) is 11.8 Å². The SMILES string of the molecule is CC[C@H](C)C1CCCCC1. The van der Waals surface area contributed by atoms with Gasteiger partial charge >= 0.3 is 0 Å². The van der Waals surface area contributed by atoms with Crippen LogP contribution >= 0.6 is 0 Å². The lowest BCUT2D eigenvalue weighted by Gasteiger charge is -2.26. The second-order valence-corrected chi connectivity index (χ2v) is 3.78. The van der Waals surface area contributed by atoms with Crippen LogP contribution in [0.2, 0.25) is 0 Å². The molecule has 10 heavy (non-hydrogen) atoms. The van der Waals surface area contributed by atoms with Gasteiger partial charge in [0, 0.05) is 0 Å². The van der Waals surface area contributed by atoms with Crippen molar-refractivity contribution < 1.29 is 0 Å². The quantitative estimate of drug-likeness (QED) is 0.549. The highest BCUT2D eigenvalue weighted by molar-refractivity contribution is 4.69. The summed E-state index contributed by atoms with van der Waals surface area (Å²) in [5.74, 6) is 2.05. The lowest BCUT2D eigenvalue weighted by molar-refractivity contribution is 0.258. The summed E-state index contributed by atoms with van der Waals surface area (Å²) in [7, 11) is 0. The predicted molar refractivity (Wildman–Crippen MR) is 46.0 cm³/mol. The van der Waals surface area contributed by atoms with Crippen LogP contribution < -0.4 is 0 Å². The minimum absolute atomic E-state index is 0.986. The monoisotopic (exact) mass is 140 g/mol. The van der Waals surface area contributed by atoms with E-state index in [2.05, 4.69) is 13.8 Å². The Morgan fingerprint density at radius 1 is 1.20 bits per heavy atom. The molecule has 0 bridgehead atoms. The summed E-state index contributed by atoms with van der Waals surface area (Å²) in [6.45, 7) is 4.73. The van der Waals surface area contributed by atoms with Gasteiger partial charge in [0.2, 0.25) is 0 Å². The fraction of sp³-hybridized carbons (Fsp3) is 1.00. The Balaban J connectivity index is 2.24. The predicted octanol–water partition coefficient (Wildman–Crippen LogP) is 3.61. The lowest BCUT2D eigenvalue weighted by Crippen LogP contribution is -2.14. The summed E-state index contributed by atoms with van der Waals surface area (Å²) in [6.07, 6.45) is 8.88. The maximum Gasteiger partial charge on any atom is -0.0389 e. The van der Waals surface area contributed by atoms with Gasteiger partial charge in [-0.15, -0.1) is 0 Å². The van der Waals surface area contributed by atoms with Gasteiger partial charge in [-0.1, -0.05) is 52.4 Å². The molecule has 1 rings (SSSR count). The molecule has 0 radical (unpaired) electrons. The molecule has 60 valence electrons. The highest BCUT2D eigenvalue weighted by Crippen LogP contribution is 2.30. The third-order valence-corrected chi connectivity index (χ3v) is 3.10. The van der Waals surface area contributed by atoms with Gasteiger partial charge in [0.15, 0.2) is 0 Å². The van der Waals surface area contributed by atoms with Crippen molar-refractivity contribution in [1.82, 2.24) is 0 Å². The average molecular weight is 140 g/mol. The van der Waals surface area contributed by atoms with Crippen LogP contribution in [-0.4, -0.2) is 0 Å². The van der Waals surface area contributed by atoms with Gasteiger partial charge in [-0.3, -0.25) is 0 Å². The first kappa shape index (κ1) is 8.10. The lowest BCUT2D eigenvalue weighted by atomic mass is 9.80. The van der Waals surface area contributed by atoms with E-state index in [1.807, 2.05) is 0 Å². The van der Waals surface area contributed by atoms with Crippen molar-refractivity contribution in [1.29, 1.82) is 0 Å². The maximum absolute atomic E-state index is 2.41. The Morgan fingerprint density at radius 3 is 2.30 bits per heavy atom. The summed E-state index contributed by atoms with van der Waals surface area (Å²) < 4.78 is 0. The largest absolute Gasteiger partial charge is 0.0651 e. The van der Waals surface area contributed by atoms with Crippen molar-refractivity contribution in [3.05, 3.63) is 0 Å². The van der Waals surface area contributed by atoms with Gasteiger partial charge in [-0.25, -0.2) is 0 Å². The number of rotatable bonds is 2. The van der Waals surface area contributed by atoms with E-state index < -0.39 is 0 Å². The Kier molecular flexibility index (Phi) is 3.24. The number of hydrogen-bond acceptors (Lipinski definition) is 0. The van der Waals surface area contributed by atoms with Crippen LogP contribution in [0.5, 0.6) is 0 Å². The Hall–Kier alpha value is 0. The minimum atomic E-state index is 0.986. The van der Waals surface area contributed by atoms with Crippen molar-refractivity contribution in [3.63, 3.8) is 0 Å². The molecule has 0 aliphatic heterocycles.